The average Bonchev–Trinajstić information content (AvgIpc) is 2.89. The van der Waals surface area contributed by atoms with E-state index >= 15 is 0 Å². The van der Waals surface area contributed by atoms with Gasteiger partial charge in [0.15, 0.2) is 0 Å². The molecule has 0 saturated carbocycles. The van der Waals surface area contributed by atoms with Gasteiger partial charge in [0.25, 0.3) is 5.69 Å². The second kappa shape index (κ2) is 5.02. The Balaban J connectivity index is 2.36. The molecule has 0 aliphatic rings. The highest BCUT2D eigenvalue weighted by molar-refractivity contribution is 7.93. The third-order valence-corrected chi connectivity index (χ3v) is 5.53. The summed E-state index contributed by atoms with van der Waals surface area (Å²) in [6, 6.07) is 5.71. The number of non-ortho nitro benzene ring substituents is 1. The summed E-state index contributed by atoms with van der Waals surface area (Å²) in [7, 11) is -3.37. The van der Waals surface area contributed by atoms with Crippen LogP contribution in [0.25, 0.3) is 10.6 Å². The molecule has 0 fully saturated rings. The molecular weight excluding hydrogens is 290 g/mol. The molecule has 0 spiro atoms. The Bertz CT molecular complexity index is 707. The summed E-state index contributed by atoms with van der Waals surface area (Å²) >= 11 is 0.952. The molecule has 9 heteroatoms. The van der Waals surface area contributed by atoms with Crippen LogP contribution in [0.4, 0.5) is 5.69 Å². The average molecular weight is 299 g/mol. The fraction of sp³-hybridized carbons (Fsp3) is 0.200. The van der Waals surface area contributed by atoms with Crippen molar-refractivity contribution in [3.8, 4) is 10.6 Å². The lowest BCUT2D eigenvalue weighted by Crippen LogP contribution is -2.02. The molecule has 100 valence electrons. The first-order valence-electron chi connectivity index (χ1n) is 5.25. The molecule has 1 aromatic heterocycles. The van der Waals surface area contributed by atoms with Gasteiger partial charge in [-0.1, -0.05) is 18.3 Å². The van der Waals surface area contributed by atoms with Gasteiger partial charge >= 0.3 is 0 Å². The Kier molecular flexibility index (Phi) is 3.58. The molecule has 7 nitrogen and oxygen atoms in total. The number of benzene rings is 1. The van der Waals surface area contributed by atoms with E-state index in [1.54, 1.807) is 0 Å². The van der Waals surface area contributed by atoms with Crippen LogP contribution in [0.5, 0.6) is 0 Å². The zero-order valence-electron chi connectivity index (χ0n) is 9.81. The van der Waals surface area contributed by atoms with Gasteiger partial charge in [-0.25, -0.2) is 8.42 Å². The van der Waals surface area contributed by atoms with Gasteiger partial charge < -0.3 is 0 Å². The molecule has 1 heterocycles. The van der Waals surface area contributed by atoms with Gasteiger partial charge in [0, 0.05) is 17.7 Å². The first-order valence-corrected chi connectivity index (χ1v) is 7.72. The minimum Gasteiger partial charge on any atom is -0.258 e. The minimum absolute atomic E-state index is 0.0327. The molecule has 0 amide bonds. The molecule has 0 N–H and O–H groups in total. The number of aromatic nitrogens is 2. The SMILES string of the molecule is CCS(=O)(=O)c1nnc(-c2ccc([N+](=O)[O-])cc2)s1. The second-order valence-corrected chi connectivity index (χ2v) is 7.01. The van der Waals surface area contributed by atoms with Crippen molar-refractivity contribution in [3.05, 3.63) is 34.4 Å². The van der Waals surface area contributed by atoms with E-state index in [1.165, 1.54) is 31.2 Å². The normalized spacial score (nSPS) is 11.4. The smallest absolute Gasteiger partial charge is 0.258 e. The number of nitro benzene ring substituents is 1. The quantitative estimate of drug-likeness (QED) is 0.631. The lowest BCUT2D eigenvalue weighted by molar-refractivity contribution is -0.384. The van der Waals surface area contributed by atoms with Crippen LogP contribution in [-0.2, 0) is 9.84 Å². The van der Waals surface area contributed by atoms with E-state index in [2.05, 4.69) is 10.2 Å². The Morgan fingerprint density at radius 3 is 2.42 bits per heavy atom. The summed E-state index contributed by atoms with van der Waals surface area (Å²) in [5.41, 5.74) is 0.565. The lowest BCUT2D eigenvalue weighted by atomic mass is 10.2. The molecule has 2 aromatic rings. The van der Waals surface area contributed by atoms with Crippen LogP contribution in [0, 0.1) is 10.1 Å². The van der Waals surface area contributed by atoms with E-state index in [0.29, 0.717) is 10.6 Å². The molecule has 0 saturated heterocycles. The monoisotopic (exact) mass is 299 g/mol. The summed E-state index contributed by atoms with van der Waals surface area (Å²) in [5, 5.41) is 18.4. The van der Waals surface area contributed by atoms with Crippen molar-refractivity contribution in [2.75, 3.05) is 5.75 Å². The van der Waals surface area contributed by atoms with Crippen LogP contribution >= 0.6 is 11.3 Å². The summed E-state index contributed by atoms with van der Waals surface area (Å²) in [6.45, 7) is 1.53. The highest BCUT2D eigenvalue weighted by Gasteiger charge is 2.18. The second-order valence-electron chi connectivity index (χ2n) is 3.58. The molecule has 2 rings (SSSR count). The highest BCUT2D eigenvalue weighted by atomic mass is 32.2. The van der Waals surface area contributed by atoms with Crippen molar-refractivity contribution in [2.45, 2.75) is 11.3 Å². The van der Waals surface area contributed by atoms with Crippen LogP contribution < -0.4 is 0 Å². The van der Waals surface area contributed by atoms with Gasteiger partial charge in [0.05, 0.1) is 10.7 Å². The van der Waals surface area contributed by atoms with Gasteiger partial charge in [-0.2, -0.15) is 0 Å². The maximum Gasteiger partial charge on any atom is 0.269 e. The van der Waals surface area contributed by atoms with E-state index < -0.39 is 14.8 Å². The zero-order chi connectivity index (χ0) is 14.0. The Hall–Kier alpha value is -1.87. The first-order chi connectivity index (χ1) is 8.94. The number of hydrogen-bond donors (Lipinski definition) is 0. The predicted octanol–water partition coefficient (Wildman–Crippen LogP) is 1.91. The molecule has 0 radical (unpaired) electrons. The minimum atomic E-state index is -3.37. The molecular formula is C10H9N3O4S2. The lowest BCUT2D eigenvalue weighted by Gasteiger charge is -1.94. The van der Waals surface area contributed by atoms with Crippen LogP contribution in [-0.4, -0.2) is 29.3 Å². The summed E-state index contributed by atoms with van der Waals surface area (Å²) in [4.78, 5) is 10.0. The molecule has 19 heavy (non-hydrogen) atoms. The molecule has 0 aliphatic carbocycles. The van der Waals surface area contributed by atoms with Gasteiger partial charge in [-0.05, 0) is 12.1 Å². The van der Waals surface area contributed by atoms with Crippen molar-refractivity contribution in [1.29, 1.82) is 0 Å². The maximum absolute atomic E-state index is 11.6. The fourth-order valence-corrected chi connectivity index (χ4v) is 3.39. The largest absolute Gasteiger partial charge is 0.269 e. The number of nitro groups is 1. The first kappa shape index (κ1) is 13.6. The summed E-state index contributed by atoms with van der Waals surface area (Å²) in [5.74, 6) is -0.0398. The zero-order valence-corrected chi connectivity index (χ0v) is 11.4. The van der Waals surface area contributed by atoms with Gasteiger partial charge in [0.1, 0.15) is 5.01 Å². The Morgan fingerprint density at radius 2 is 1.89 bits per heavy atom. The number of sulfone groups is 1. The van der Waals surface area contributed by atoms with Gasteiger partial charge in [-0.3, -0.25) is 10.1 Å². The summed E-state index contributed by atoms with van der Waals surface area (Å²) < 4.78 is 23.2. The predicted molar refractivity (Wildman–Crippen MR) is 69.7 cm³/mol. The third kappa shape index (κ3) is 2.76. The molecule has 0 unspecified atom stereocenters. The molecule has 0 bridgehead atoms. The van der Waals surface area contributed by atoms with Crippen molar-refractivity contribution in [3.63, 3.8) is 0 Å². The van der Waals surface area contributed by atoms with Gasteiger partial charge in [0.2, 0.25) is 14.2 Å². The Labute approximate surface area is 113 Å². The number of rotatable bonds is 4. The van der Waals surface area contributed by atoms with Crippen molar-refractivity contribution in [1.82, 2.24) is 10.2 Å². The number of hydrogen-bond acceptors (Lipinski definition) is 7. The van der Waals surface area contributed by atoms with Crippen molar-refractivity contribution < 1.29 is 13.3 Å². The van der Waals surface area contributed by atoms with E-state index in [9.17, 15) is 18.5 Å². The third-order valence-electron chi connectivity index (χ3n) is 2.38. The topological polar surface area (TPSA) is 103 Å². The number of nitrogens with zero attached hydrogens (tertiary/aromatic N) is 3. The van der Waals surface area contributed by atoms with Crippen LogP contribution in [0.3, 0.4) is 0 Å². The summed E-state index contributed by atoms with van der Waals surface area (Å²) in [6.07, 6.45) is 0. The molecule has 1 aromatic carbocycles. The fourth-order valence-electron chi connectivity index (χ4n) is 1.30. The standard InChI is InChI=1S/C10H9N3O4S2/c1-2-19(16,17)10-12-11-9(18-10)7-3-5-8(6-4-7)13(14)15/h3-6H,2H2,1H3. The molecule has 0 aliphatic heterocycles. The van der Waals surface area contributed by atoms with Crippen LogP contribution in [0.15, 0.2) is 28.6 Å². The van der Waals surface area contributed by atoms with Crippen LogP contribution in [0.1, 0.15) is 6.92 Å². The van der Waals surface area contributed by atoms with Crippen molar-refractivity contribution >= 4 is 26.9 Å². The van der Waals surface area contributed by atoms with Crippen LogP contribution in [0.2, 0.25) is 0 Å². The van der Waals surface area contributed by atoms with E-state index in [1.807, 2.05) is 0 Å². The van der Waals surface area contributed by atoms with E-state index in [0.717, 1.165) is 11.3 Å². The van der Waals surface area contributed by atoms with Gasteiger partial charge in [-0.15, -0.1) is 10.2 Å². The van der Waals surface area contributed by atoms with E-state index in [-0.39, 0.29) is 15.8 Å². The maximum atomic E-state index is 11.6. The molecule has 0 atom stereocenters. The van der Waals surface area contributed by atoms with E-state index in [4.69, 9.17) is 0 Å². The Morgan fingerprint density at radius 1 is 1.26 bits per heavy atom. The highest BCUT2D eigenvalue weighted by Crippen LogP contribution is 2.27. The van der Waals surface area contributed by atoms with Crippen molar-refractivity contribution in [2.24, 2.45) is 0 Å².